The normalized spacial score (nSPS) is 18.9. The van der Waals surface area contributed by atoms with E-state index < -0.39 is 12.0 Å². The van der Waals surface area contributed by atoms with Crippen molar-refractivity contribution in [3.05, 3.63) is 0 Å². The van der Waals surface area contributed by atoms with Gasteiger partial charge in [0.15, 0.2) is 0 Å². The lowest BCUT2D eigenvalue weighted by molar-refractivity contribution is -0.150. The molecule has 2 unspecified atom stereocenters. The molecule has 4 nitrogen and oxygen atoms in total. The number of aliphatic carboxylic acids is 1. The van der Waals surface area contributed by atoms with Crippen molar-refractivity contribution < 1.29 is 14.7 Å². The van der Waals surface area contributed by atoms with Crippen molar-refractivity contribution >= 4 is 11.9 Å². The van der Waals surface area contributed by atoms with E-state index in [1.54, 1.807) is 11.8 Å². The summed E-state index contributed by atoms with van der Waals surface area (Å²) in [5.74, 6) is -0.592. The van der Waals surface area contributed by atoms with Crippen molar-refractivity contribution in [3.8, 4) is 0 Å². The van der Waals surface area contributed by atoms with Gasteiger partial charge in [-0.3, -0.25) is 4.79 Å². The third-order valence-corrected chi connectivity index (χ3v) is 3.22. The number of hydrogen-bond donors (Lipinski definition) is 1. The molecular formula is C12H21NO3. The zero-order chi connectivity index (χ0) is 12.3. The highest BCUT2D eigenvalue weighted by Gasteiger charge is 2.38. The van der Waals surface area contributed by atoms with E-state index in [1.165, 1.54) is 0 Å². The zero-order valence-corrected chi connectivity index (χ0v) is 10.3. The van der Waals surface area contributed by atoms with Crippen LogP contribution in [0.5, 0.6) is 0 Å². The Labute approximate surface area is 96.6 Å². The molecule has 16 heavy (non-hydrogen) atoms. The second-order valence-corrected chi connectivity index (χ2v) is 4.76. The topological polar surface area (TPSA) is 57.6 Å². The number of hydrogen-bond acceptors (Lipinski definition) is 2. The molecule has 0 bridgehead atoms. The first-order chi connectivity index (χ1) is 7.47. The average Bonchev–Trinajstić information content (AvgIpc) is 3.01. The molecule has 4 heteroatoms. The van der Waals surface area contributed by atoms with Gasteiger partial charge in [-0.1, -0.05) is 20.3 Å². The number of carboxylic acid groups (broad SMARTS) is 1. The minimum atomic E-state index is -0.913. The SMILES string of the molecule is CCC(C)CC(=O)N(C1CC1)C(C)C(=O)O. The second kappa shape index (κ2) is 5.32. The van der Waals surface area contributed by atoms with Crippen LogP contribution in [0.3, 0.4) is 0 Å². The average molecular weight is 227 g/mol. The van der Waals surface area contributed by atoms with Crippen LogP contribution in [0.4, 0.5) is 0 Å². The van der Waals surface area contributed by atoms with E-state index in [0.717, 1.165) is 19.3 Å². The lowest BCUT2D eigenvalue weighted by Crippen LogP contribution is -2.45. The molecule has 0 aromatic rings. The molecule has 92 valence electrons. The number of carbonyl (C=O) groups is 2. The highest BCUT2D eigenvalue weighted by Crippen LogP contribution is 2.30. The predicted molar refractivity (Wildman–Crippen MR) is 61.0 cm³/mol. The summed E-state index contributed by atoms with van der Waals surface area (Å²) in [6, 6.07) is -0.522. The lowest BCUT2D eigenvalue weighted by atomic mass is 10.0. The molecule has 0 aliphatic heterocycles. The summed E-state index contributed by atoms with van der Waals surface area (Å²) >= 11 is 0. The van der Waals surface area contributed by atoms with Crippen LogP contribution in [0.2, 0.25) is 0 Å². The van der Waals surface area contributed by atoms with Crippen molar-refractivity contribution in [2.24, 2.45) is 5.92 Å². The smallest absolute Gasteiger partial charge is 0.326 e. The van der Waals surface area contributed by atoms with E-state index in [4.69, 9.17) is 5.11 Å². The van der Waals surface area contributed by atoms with Crippen molar-refractivity contribution in [3.63, 3.8) is 0 Å². The maximum absolute atomic E-state index is 12.0. The van der Waals surface area contributed by atoms with E-state index in [1.807, 2.05) is 13.8 Å². The van der Waals surface area contributed by atoms with Crippen LogP contribution in [0, 0.1) is 5.92 Å². The van der Waals surface area contributed by atoms with Gasteiger partial charge in [0.1, 0.15) is 6.04 Å². The summed E-state index contributed by atoms with van der Waals surface area (Å²) in [4.78, 5) is 24.5. The standard InChI is InChI=1S/C12H21NO3/c1-4-8(2)7-11(14)13(10-5-6-10)9(3)12(15)16/h8-10H,4-7H2,1-3H3,(H,15,16). The largest absolute Gasteiger partial charge is 0.480 e. The highest BCUT2D eigenvalue weighted by molar-refractivity contribution is 5.84. The number of nitrogens with zero attached hydrogens (tertiary/aromatic N) is 1. The fraction of sp³-hybridized carbons (Fsp3) is 0.833. The molecule has 1 rings (SSSR count). The molecule has 1 fully saturated rings. The van der Waals surface area contributed by atoms with Crippen molar-refractivity contribution in [1.29, 1.82) is 0 Å². The van der Waals surface area contributed by atoms with Gasteiger partial charge in [0, 0.05) is 12.5 Å². The highest BCUT2D eigenvalue weighted by atomic mass is 16.4. The molecule has 0 spiro atoms. The summed E-state index contributed by atoms with van der Waals surface area (Å²) in [5, 5.41) is 8.98. The summed E-state index contributed by atoms with van der Waals surface area (Å²) in [7, 11) is 0. The van der Waals surface area contributed by atoms with Crippen LogP contribution < -0.4 is 0 Å². The number of amides is 1. The van der Waals surface area contributed by atoms with Gasteiger partial charge in [-0.25, -0.2) is 4.79 Å². The maximum Gasteiger partial charge on any atom is 0.326 e. The summed E-state index contributed by atoms with van der Waals surface area (Å²) in [6.45, 7) is 5.66. The van der Waals surface area contributed by atoms with Gasteiger partial charge in [-0.05, 0) is 25.7 Å². The molecule has 0 aromatic heterocycles. The first-order valence-electron chi connectivity index (χ1n) is 6.01. The van der Waals surface area contributed by atoms with E-state index in [9.17, 15) is 9.59 Å². The third-order valence-electron chi connectivity index (χ3n) is 3.22. The fourth-order valence-electron chi connectivity index (χ4n) is 1.76. The monoisotopic (exact) mass is 227 g/mol. The summed E-state index contributed by atoms with van der Waals surface area (Å²) in [5.41, 5.74) is 0. The predicted octanol–water partition coefficient (Wildman–Crippen LogP) is 1.89. The molecule has 2 atom stereocenters. The fourth-order valence-corrected chi connectivity index (χ4v) is 1.76. The van der Waals surface area contributed by atoms with Crippen molar-refractivity contribution in [1.82, 2.24) is 4.90 Å². The maximum atomic E-state index is 12.0. The van der Waals surface area contributed by atoms with Crippen LogP contribution in [0.1, 0.15) is 46.5 Å². The van der Waals surface area contributed by atoms with E-state index in [2.05, 4.69) is 0 Å². The summed E-state index contributed by atoms with van der Waals surface area (Å²) < 4.78 is 0. The zero-order valence-electron chi connectivity index (χ0n) is 10.3. The Hall–Kier alpha value is -1.06. The molecule has 1 aliphatic rings. The Balaban J connectivity index is 2.62. The lowest BCUT2D eigenvalue weighted by Gasteiger charge is -2.27. The molecule has 1 N–H and O–H groups in total. The van der Waals surface area contributed by atoms with Gasteiger partial charge in [-0.2, -0.15) is 0 Å². The van der Waals surface area contributed by atoms with Crippen LogP contribution >= 0.6 is 0 Å². The van der Waals surface area contributed by atoms with Gasteiger partial charge >= 0.3 is 5.97 Å². The minimum Gasteiger partial charge on any atom is -0.480 e. The van der Waals surface area contributed by atoms with Crippen LogP contribution in [0.15, 0.2) is 0 Å². The van der Waals surface area contributed by atoms with Crippen LogP contribution in [-0.2, 0) is 9.59 Å². The van der Waals surface area contributed by atoms with E-state index >= 15 is 0 Å². The second-order valence-electron chi connectivity index (χ2n) is 4.76. The Kier molecular flexibility index (Phi) is 4.33. The third kappa shape index (κ3) is 3.22. The van der Waals surface area contributed by atoms with Gasteiger partial charge in [0.2, 0.25) is 5.91 Å². The van der Waals surface area contributed by atoms with Gasteiger partial charge in [0.05, 0.1) is 0 Å². The van der Waals surface area contributed by atoms with Crippen molar-refractivity contribution in [2.45, 2.75) is 58.5 Å². The number of rotatable bonds is 6. The Morgan fingerprint density at radius 1 is 1.38 bits per heavy atom. The summed E-state index contributed by atoms with van der Waals surface area (Å²) in [6.07, 6.45) is 3.31. The van der Waals surface area contributed by atoms with Gasteiger partial charge < -0.3 is 10.0 Å². The first-order valence-corrected chi connectivity index (χ1v) is 6.01. The quantitative estimate of drug-likeness (QED) is 0.753. The number of carboxylic acids is 1. The molecular weight excluding hydrogens is 206 g/mol. The van der Waals surface area contributed by atoms with E-state index in [-0.39, 0.29) is 11.9 Å². The molecule has 1 amide bonds. The Morgan fingerprint density at radius 3 is 2.31 bits per heavy atom. The van der Waals surface area contributed by atoms with Crippen molar-refractivity contribution in [2.75, 3.05) is 0 Å². The van der Waals surface area contributed by atoms with Crippen LogP contribution in [-0.4, -0.2) is 34.0 Å². The molecule has 0 aromatic carbocycles. The molecule has 0 heterocycles. The van der Waals surface area contributed by atoms with Gasteiger partial charge in [0.25, 0.3) is 0 Å². The Morgan fingerprint density at radius 2 is 1.94 bits per heavy atom. The van der Waals surface area contributed by atoms with Gasteiger partial charge in [-0.15, -0.1) is 0 Å². The first kappa shape index (κ1) is 13.0. The van der Waals surface area contributed by atoms with E-state index in [0.29, 0.717) is 12.3 Å². The van der Waals surface area contributed by atoms with Crippen LogP contribution in [0.25, 0.3) is 0 Å². The Bertz CT molecular complexity index is 273. The molecule has 0 radical (unpaired) electrons. The number of carbonyl (C=O) groups excluding carboxylic acids is 1. The molecule has 1 aliphatic carbocycles. The molecule has 1 saturated carbocycles. The molecule has 0 saturated heterocycles. The minimum absolute atomic E-state index is 0.00764.